The average Bonchev–Trinajstić information content (AvgIpc) is 3.35. The van der Waals surface area contributed by atoms with E-state index in [1.165, 1.54) is 16.2 Å². The summed E-state index contributed by atoms with van der Waals surface area (Å²) in [4.78, 5) is 30.7. The summed E-state index contributed by atoms with van der Waals surface area (Å²) in [6, 6.07) is 11.2. The van der Waals surface area contributed by atoms with Gasteiger partial charge in [-0.2, -0.15) is 0 Å². The van der Waals surface area contributed by atoms with Crippen molar-refractivity contribution in [3.63, 3.8) is 0 Å². The third-order valence-corrected chi connectivity index (χ3v) is 6.03. The van der Waals surface area contributed by atoms with Crippen LogP contribution in [0.2, 0.25) is 5.02 Å². The molecule has 1 aromatic heterocycles. The Labute approximate surface area is 185 Å². The van der Waals surface area contributed by atoms with Crippen molar-refractivity contribution >= 4 is 40.3 Å². The van der Waals surface area contributed by atoms with Gasteiger partial charge in [-0.15, -0.1) is 11.3 Å². The monoisotopic (exact) mass is 448 g/mol. The third kappa shape index (κ3) is 5.10. The Balaban J connectivity index is 1.88. The molecular weight excluding hydrogens is 424 g/mol. The molecule has 0 N–H and O–H groups in total. The molecule has 8 heteroatoms. The van der Waals surface area contributed by atoms with E-state index in [0.717, 1.165) is 10.4 Å². The van der Waals surface area contributed by atoms with Crippen LogP contribution in [-0.2, 0) is 25.5 Å². The predicted octanol–water partition coefficient (Wildman–Crippen LogP) is 3.32. The SMILES string of the molecule is COCCN(CCOC)C1=C(c2cccs2)C(=O)N(CCc2ccc(Cl)cc2)C1=O. The van der Waals surface area contributed by atoms with Gasteiger partial charge in [-0.3, -0.25) is 14.5 Å². The number of amides is 2. The van der Waals surface area contributed by atoms with Gasteiger partial charge in [0.15, 0.2) is 0 Å². The second-order valence-electron chi connectivity index (χ2n) is 6.81. The van der Waals surface area contributed by atoms with Gasteiger partial charge >= 0.3 is 0 Å². The number of thiophene rings is 1. The van der Waals surface area contributed by atoms with E-state index in [1.54, 1.807) is 14.2 Å². The van der Waals surface area contributed by atoms with Crippen LogP contribution in [-0.4, -0.2) is 68.7 Å². The smallest absolute Gasteiger partial charge is 0.277 e. The lowest BCUT2D eigenvalue weighted by atomic mass is 10.1. The van der Waals surface area contributed by atoms with E-state index in [4.69, 9.17) is 21.1 Å². The van der Waals surface area contributed by atoms with Gasteiger partial charge in [-0.1, -0.05) is 29.8 Å². The van der Waals surface area contributed by atoms with Crippen LogP contribution in [0.5, 0.6) is 0 Å². The number of hydrogen-bond acceptors (Lipinski definition) is 6. The Morgan fingerprint density at radius 2 is 1.67 bits per heavy atom. The number of carbonyl (C=O) groups is 2. The second kappa shape index (κ2) is 10.7. The molecule has 2 aromatic rings. The molecule has 0 saturated heterocycles. The van der Waals surface area contributed by atoms with Gasteiger partial charge in [0.2, 0.25) is 0 Å². The van der Waals surface area contributed by atoms with Gasteiger partial charge in [-0.05, 0) is 35.6 Å². The highest BCUT2D eigenvalue weighted by molar-refractivity contribution is 7.11. The van der Waals surface area contributed by atoms with Crippen LogP contribution in [0.1, 0.15) is 10.4 Å². The van der Waals surface area contributed by atoms with Crippen LogP contribution in [0, 0.1) is 0 Å². The average molecular weight is 449 g/mol. The van der Waals surface area contributed by atoms with E-state index < -0.39 is 0 Å². The molecule has 0 bridgehead atoms. The molecule has 1 aliphatic heterocycles. The molecule has 1 aliphatic rings. The zero-order valence-corrected chi connectivity index (χ0v) is 18.7. The fourth-order valence-electron chi connectivity index (χ4n) is 3.33. The lowest BCUT2D eigenvalue weighted by Crippen LogP contribution is -2.38. The molecule has 0 saturated carbocycles. The van der Waals surface area contributed by atoms with E-state index in [9.17, 15) is 9.59 Å². The second-order valence-corrected chi connectivity index (χ2v) is 8.20. The lowest BCUT2D eigenvalue weighted by molar-refractivity contribution is -0.137. The molecule has 30 heavy (non-hydrogen) atoms. The number of imide groups is 1. The van der Waals surface area contributed by atoms with Crippen LogP contribution in [0.25, 0.3) is 5.57 Å². The Hall–Kier alpha value is -2.19. The van der Waals surface area contributed by atoms with Gasteiger partial charge in [0.1, 0.15) is 5.70 Å². The normalized spacial score (nSPS) is 14.2. The summed E-state index contributed by atoms with van der Waals surface area (Å²) in [5, 5.41) is 2.56. The Morgan fingerprint density at radius 1 is 1.00 bits per heavy atom. The molecule has 1 aromatic carbocycles. The summed E-state index contributed by atoms with van der Waals surface area (Å²) in [6.45, 7) is 2.18. The molecule has 2 heterocycles. The van der Waals surface area contributed by atoms with Crippen LogP contribution >= 0.6 is 22.9 Å². The fourth-order valence-corrected chi connectivity index (χ4v) is 4.22. The van der Waals surface area contributed by atoms with E-state index in [-0.39, 0.29) is 11.8 Å². The van der Waals surface area contributed by atoms with Crippen molar-refractivity contribution in [2.75, 3.05) is 47.1 Å². The first-order valence-electron chi connectivity index (χ1n) is 9.68. The molecule has 6 nitrogen and oxygen atoms in total. The molecular formula is C22H25ClN2O4S. The number of halogens is 1. The first kappa shape index (κ1) is 22.5. The van der Waals surface area contributed by atoms with Crippen LogP contribution < -0.4 is 0 Å². The van der Waals surface area contributed by atoms with Crippen molar-refractivity contribution in [3.05, 3.63) is 62.9 Å². The summed E-state index contributed by atoms with van der Waals surface area (Å²) < 4.78 is 10.4. The molecule has 3 rings (SSSR count). The molecule has 0 aliphatic carbocycles. The van der Waals surface area contributed by atoms with Crippen molar-refractivity contribution in [2.45, 2.75) is 6.42 Å². The van der Waals surface area contributed by atoms with Crippen molar-refractivity contribution in [2.24, 2.45) is 0 Å². The number of carbonyl (C=O) groups excluding carboxylic acids is 2. The number of ether oxygens (including phenoxy) is 2. The van der Waals surface area contributed by atoms with E-state index in [2.05, 4.69) is 0 Å². The minimum Gasteiger partial charge on any atom is -0.383 e. The lowest BCUT2D eigenvalue weighted by Gasteiger charge is -2.25. The maximum Gasteiger partial charge on any atom is 0.277 e. The van der Waals surface area contributed by atoms with Gasteiger partial charge < -0.3 is 14.4 Å². The van der Waals surface area contributed by atoms with Gasteiger partial charge in [0.25, 0.3) is 11.8 Å². The zero-order valence-electron chi connectivity index (χ0n) is 17.1. The highest BCUT2D eigenvalue weighted by atomic mass is 35.5. The van der Waals surface area contributed by atoms with Gasteiger partial charge in [-0.25, -0.2) is 0 Å². The standard InChI is InChI=1S/C22H25ClN2O4S/c1-28-13-11-24(12-14-29-2)20-19(18-4-3-15-30-18)21(26)25(22(20)27)10-9-16-5-7-17(23)8-6-16/h3-8,15H,9-14H2,1-2H3. The summed E-state index contributed by atoms with van der Waals surface area (Å²) in [5.41, 5.74) is 1.90. The fraction of sp³-hybridized carbons (Fsp3) is 0.364. The molecule has 160 valence electrons. The van der Waals surface area contributed by atoms with Crippen LogP contribution in [0.15, 0.2) is 47.5 Å². The van der Waals surface area contributed by atoms with Crippen LogP contribution in [0.3, 0.4) is 0 Å². The minimum absolute atomic E-state index is 0.258. The van der Waals surface area contributed by atoms with Crippen molar-refractivity contribution in [1.29, 1.82) is 0 Å². The minimum atomic E-state index is -0.274. The van der Waals surface area contributed by atoms with E-state index in [0.29, 0.717) is 55.6 Å². The van der Waals surface area contributed by atoms with Gasteiger partial charge in [0, 0.05) is 43.8 Å². The Kier molecular flexibility index (Phi) is 8.04. The maximum atomic E-state index is 13.4. The van der Waals surface area contributed by atoms with Crippen LogP contribution in [0.4, 0.5) is 0 Å². The number of benzene rings is 1. The largest absolute Gasteiger partial charge is 0.383 e. The topological polar surface area (TPSA) is 59.1 Å². The molecule has 0 unspecified atom stereocenters. The predicted molar refractivity (Wildman–Crippen MR) is 118 cm³/mol. The summed E-state index contributed by atoms with van der Waals surface area (Å²) in [7, 11) is 3.23. The molecule has 0 fully saturated rings. The number of methoxy groups -OCH3 is 2. The Morgan fingerprint density at radius 3 is 2.23 bits per heavy atom. The summed E-state index contributed by atoms with van der Waals surface area (Å²) >= 11 is 7.40. The highest BCUT2D eigenvalue weighted by Gasteiger charge is 2.41. The number of hydrogen-bond donors (Lipinski definition) is 0. The zero-order chi connectivity index (χ0) is 21.5. The van der Waals surface area contributed by atoms with Crippen molar-refractivity contribution in [1.82, 2.24) is 9.80 Å². The quantitative estimate of drug-likeness (QED) is 0.493. The van der Waals surface area contributed by atoms with Crippen molar-refractivity contribution in [3.8, 4) is 0 Å². The molecule has 2 amide bonds. The highest BCUT2D eigenvalue weighted by Crippen LogP contribution is 2.34. The third-order valence-electron chi connectivity index (χ3n) is 4.90. The maximum absolute atomic E-state index is 13.4. The number of nitrogens with zero attached hydrogens (tertiary/aromatic N) is 2. The summed E-state index contributed by atoms with van der Waals surface area (Å²) in [5.74, 6) is -0.532. The first-order valence-corrected chi connectivity index (χ1v) is 10.9. The molecule has 0 radical (unpaired) electrons. The summed E-state index contributed by atoms with van der Waals surface area (Å²) in [6.07, 6.45) is 0.565. The van der Waals surface area contributed by atoms with Gasteiger partial charge in [0.05, 0.1) is 18.8 Å². The number of rotatable bonds is 11. The van der Waals surface area contributed by atoms with E-state index >= 15 is 0 Å². The first-order chi connectivity index (χ1) is 14.6. The van der Waals surface area contributed by atoms with Crippen molar-refractivity contribution < 1.29 is 19.1 Å². The Bertz CT molecular complexity index is 888. The molecule has 0 spiro atoms. The van der Waals surface area contributed by atoms with E-state index in [1.807, 2.05) is 46.7 Å². The molecule has 0 atom stereocenters.